The molecule has 1 aliphatic rings. The molecule has 0 radical (unpaired) electrons. The summed E-state index contributed by atoms with van der Waals surface area (Å²) in [5, 5.41) is 10.1. The smallest absolute Gasteiger partial charge is 0.305 e. The molecule has 0 saturated heterocycles. The number of benzene rings is 2. The molecule has 11 heteroatoms. The Bertz CT molecular complexity index is 1180. The van der Waals surface area contributed by atoms with Crippen molar-refractivity contribution >= 4 is 85.7 Å². The van der Waals surface area contributed by atoms with Crippen molar-refractivity contribution in [2.45, 2.75) is 23.1 Å². The van der Waals surface area contributed by atoms with E-state index in [0.717, 1.165) is 4.90 Å². The summed E-state index contributed by atoms with van der Waals surface area (Å²) in [4.78, 5) is 31.3. The third-order valence-electron chi connectivity index (χ3n) is 4.48. The number of carbonyl (C=O) groups excluding carboxylic acids is 1. The number of carboxylic acids is 1. The van der Waals surface area contributed by atoms with Gasteiger partial charge in [0.15, 0.2) is 0 Å². The molecular weight excluding hydrogens is 491 g/mol. The molecule has 2 aromatic carbocycles. The van der Waals surface area contributed by atoms with E-state index in [1.807, 2.05) is 6.07 Å². The third kappa shape index (κ3) is 3.94. The molecule has 0 spiro atoms. The second-order valence-corrected chi connectivity index (χ2v) is 9.92. The number of amides is 1. The number of thiazole rings is 1. The Morgan fingerprint density at radius 3 is 2.73 bits per heavy atom. The second kappa shape index (κ2) is 8.43. The predicted molar refractivity (Wildman–Crippen MR) is 121 cm³/mol. The Labute approximate surface area is 194 Å². The molecule has 1 N–H and O–H groups in total. The average Bonchev–Trinajstić information content (AvgIpc) is 3.13. The zero-order valence-corrected chi connectivity index (χ0v) is 19.2. The first-order chi connectivity index (χ1) is 14.3. The van der Waals surface area contributed by atoms with Crippen LogP contribution in [0.5, 0.6) is 5.75 Å². The summed E-state index contributed by atoms with van der Waals surface area (Å²) >= 11 is 21.2. The van der Waals surface area contributed by atoms with Crippen LogP contribution in [0.2, 0.25) is 15.1 Å². The fraction of sp³-hybridized carbons (Fsp3) is 0.211. The monoisotopic (exact) mass is 502 g/mol. The number of carbonyl (C=O) groups is 2. The van der Waals surface area contributed by atoms with Crippen molar-refractivity contribution in [2.75, 3.05) is 12.0 Å². The van der Waals surface area contributed by atoms with Gasteiger partial charge in [-0.2, -0.15) is 0 Å². The zero-order chi connectivity index (χ0) is 21.6. The zero-order valence-electron chi connectivity index (χ0n) is 15.3. The van der Waals surface area contributed by atoms with E-state index < -0.39 is 11.2 Å². The van der Waals surface area contributed by atoms with Crippen LogP contribution >= 0.6 is 57.9 Å². The number of hydrogen-bond donors (Lipinski definition) is 1. The van der Waals surface area contributed by atoms with Crippen molar-refractivity contribution in [3.63, 3.8) is 0 Å². The van der Waals surface area contributed by atoms with E-state index in [1.165, 1.54) is 28.0 Å². The van der Waals surface area contributed by atoms with Crippen LogP contribution in [0.25, 0.3) is 10.2 Å². The molecule has 2 heterocycles. The average molecular weight is 504 g/mol. The highest BCUT2D eigenvalue weighted by atomic mass is 35.5. The number of methoxy groups -OCH3 is 1. The molecular formula is C19H13Cl3N2O4S2. The summed E-state index contributed by atoms with van der Waals surface area (Å²) in [6, 6.07) is 6.90. The molecule has 3 aromatic rings. The summed E-state index contributed by atoms with van der Waals surface area (Å²) in [6.07, 6.45) is -0.279. The van der Waals surface area contributed by atoms with Crippen LogP contribution in [0.15, 0.2) is 29.2 Å². The van der Waals surface area contributed by atoms with Crippen molar-refractivity contribution in [1.82, 2.24) is 4.98 Å². The molecule has 156 valence electrons. The molecule has 4 rings (SSSR count). The van der Waals surface area contributed by atoms with E-state index in [0.29, 0.717) is 41.7 Å². The van der Waals surface area contributed by atoms with Crippen LogP contribution < -0.4 is 9.64 Å². The van der Waals surface area contributed by atoms with Gasteiger partial charge in [-0.25, -0.2) is 4.98 Å². The molecule has 0 saturated carbocycles. The van der Waals surface area contributed by atoms with E-state index in [2.05, 4.69) is 4.98 Å². The predicted octanol–water partition coefficient (Wildman–Crippen LogP) is 5.75. The number of hydrogen-bond acceptors (Lipinski definition) is 6. The van der Waals surface area contributed by atoms with Crippen molar-refractivity contribution < 1.29 is 19.4 Å². The topological polar surface area (TPSA) is 79.7 Å². The quantitative estimate of drug-likeness (QED) is 0.447. The van der Waals surface area contributed by atoms with Gasteiger partial charge in [-0.1, -0.05) is 34.8 Å². The highest BCUT2D eigenvalue weighted by molar-refractivity contribution is 8.01. The molecule has 30 heavy (non-hydrogen) atoms. The third-order valence-corrected chi connectivity index (χ3v) is 7.99. The minimum absolute atomic E-state index is 0.138. The summed E-state index contributed by atoms with van der Waals surface area (Å²) in [6.45, 7) is 0.138. The van der Waals surface area contributed by atoms with Gasteiger partial charge in [-0.05, 0) is 18.2 Å². The highest BCUT2D eigenvalue weighted by Crippen LogP contribution is 2.44. The molecule has 6 nitrogen and oxygen atoms in total. The van der Waals surface area contributed by atoms with Crippen LogP contribution in [-0.4, -0.2) is 34.3 Å². The van der Waals surface area contributed by atoms with Crippen molar-refractivity contribution in [3.05, 3.63) is 44.3 Å². The van der Waals surface area contributed by atoms with E-state index >= 15 is 0 Å². The van der Waals surface area contributed by atoms with E-state index in [-0.39, 0.29) is 18.9 Å². The Kier molecular flexibility index (Phi) is 6.05. The Hall–Kier alpha value is -1.71. The number of ether oxygens (including phenoxy) is 1. The minimum Gasteiger partial charge on any atom is -0.497 e. The molecule has 0 aliphatic carbocycles. The van der Waals surface area contributed by atoms with Crippen LogP contribution in [0.4, 0.5) is 5.69 Å². The fourth-order valence-electron chi connectivity index (χ4n) is 3.11. The lowest BCUT2D eigenvalue weighted by Crippen LogP contribution is -2.41. The number of thioether (sulfide) groups is 1. The summed E-state index contributed by atoms with van der Waals surface area (Å²) < 4.78 is 5.97. The van der Waals surface area contributed by atoms with Gasteiger partial charge in [0.25, 0.3) is 0 Å². The highest BCUT2D eigenvalue weighted by Gasteiger charge is 2.36. The van der Waals surface area contributed by atoms with Gasteiger partial charge in [0.1, 0.15) is 16.3 Å². The van der Waals surface area contributed by atoms with E-state index in [9.17, 15) is 14.7 Å². The summed E-state index contributed by atoms with van der Waals surface area (Å²) in [5.41, 5.74) is 1.11. The summed E-state index contributed by atoms with van der Waals surface area (Å²) in [7, 11) is 1.54. The van der Waals surface area contributed by atoms with Gasteiger partial charge in [0.2, 0.25) is 5.91 Å². The molecule has 0 bridgehead atoms. The molecule has 1 atom stereocenters. The van der Waals surface area contributed by atoms with Gasteiger partial charge >= 0.3 is 5.97 Å². The first kappa shape index (κ1) is 21.5. The van der Waals surface area contributed by atoms with Crippen molar-refractivity contribution in [3.8, 4) is 5.75 Å². The normalized spacial score (nSPS) is 16.1. The number of halogens is 3. The first-order valence-electron chi connectivity index (χ1n) is 8.59. The molecule has 1 aliphatic heterocycles. The van der Waals surface area contributed by atoms with E-state index in [4.69, 9.17) is 39.5 Å². The number of anilines is 1. The number of fused-ring (bicyclic) bond motifs is 2. The Balaban J connectivity index is 1.77. The SMILES string of the molecule is COc1ccc2c(c1)N(Cc1nc3c(Cl)c(Cl)cc(Cl)c3s1)C(=O)C(CC(=O)O)S2. The Morgan fingerprint density at radius 1 is 1.27 bits per heavy atom. The van der Waals surface area contributed by atoms with Crippen molar-refractivity contribution in [1.29, 1.82) is 0 Å². The van der Waals surface area contributed by atoms with Crippen LogP contribution in [-0.2, 0) is 16.1 Å². The standard InChI is InChI=1S/C19H13Cl3N2O4S2/c1-28-8-2-3-12-11(4-8)24(19(27)13(29-12)6-15(25)26)7-14-23-17-16(22)9(20)5-10(21)18(17)30-14/h2-5,13H,6-7H2,1H3,(H,25,26). The van der Waals surface area contributed by atoms with E-state index in [1.54, 1.807) is 25.3 Å². The fourth-order valence-corrected chi connectivity index (χ4v) is 6.09. The van der Waals surface area contributed by atoms with Gasteiger partial charge in [0.05, 0.1) is 50.8 Å². The summed E-state index contributed by atoms with van der Waals surface area (Å²) in [5.74, 6) is -0.755. The number of carboxylic acid groups (broad SMARTS) is 1. The van der Waals surface area contributed by atoms with Crippen LogP contribution in [0, 0.1) is 0 Å². The molecule has 1 amide bonds. The Morgan fingerprint density at radius 2 is 2.03 bits per heavy atom. The first-order valence-corrected chi connectivity index (χ1v) is 11.4. The number of rotatable bonds is 5. The second-order valence-electron chi connectivity index (χ2n) is 6.40. The van der Waals surface area contributed by atoms with Gasteiger partial charge in [-0.15, -0.1) is 23.1 Å². The van der Waals surface area contributed by atoms with Gasteiger partial charge < -0.3 is 14.7 Å². The number of aliphatic carboxylic acids is 1. The molecule has 1 aromatic heterocycles. The largest absolute Gasteiger partial charge is 0.497 e. The molecule has 1 unspecified atom stereocenters. The number of aromatic nitrogens is 1. The van der Waals surface area contributed by atoms with Crippen LogP contribution in [0.3, 0.4) is 0 Å². The number of nitrogens with zero attached hydrogens (tertiary/aromatic N) is 2. The lowest BCUT2D eigenvalue weighted by Gasteiger charge is -2.33. The van der Waals surface area contributed by atoms with Gasteiger partial charge in [0, 0.05) is 11.0 Å². The maximum atomic E-state index is 13.1. The maximum absolute atomic E-state index is 13.1. The van der Waals surface area contributed by atoms with Crippen molar-refractivity contribution in [2.24, 2.45) is 0 Å². The lowest BCUT2D eigenvalue weighted by molar-refractivity contribution is -0.138. The maximum Gasteiger partial charge on any atom is 0.305 e. The van der Waals surface area contributed by atoms with Crippen LogP contribution in [0.1, 0.15) is 11.4 Å². The minimum atomic E-state index is -1.04. The van der Waals surface area contributed by atoms with Gasteiger partial charge in [-0.3, -0.25) is 9.59 Å². The molecule has 0 fully saturated rings. The lowest BCUT2D eigenvalue weighted by atomic mass is 10.2.